The molecule has 0 unspecified atom stereocenters. The summed E-state index contributed by atoms with van der Waals surface area (Å²) in [6.07, 6.45) is 0. The number of hydrogen-bond acceptors (Lipinski definition) is 3. The van der Waals surface area contributed by atoms with Crippen LogP contribution >= 0.6 is 0 Å². The van der Waals surface area contributed by atoms with E-state index < -0.39 is 26.4 Å². The van der Waals surface area contributed by atoms with Crippen molar-refractivity contribution < 1.29 is 22.0 Å². The highest BCUT2D eigenvalue weighted by atomic mass is 32.2. The summed E-state index contributed by atoms with van der Waals surface area (Å²) in [7, 11) is -4.70. The minimum Gasteiger partial charge on any atom is -0.325 e. The van der Waals surface area contributed by atoms with E-state index in [1.807, 2.05) is 0 Å². The van der Waals surface area contributed by atoms with Gasteiger partial charge in [0.1, 0.15) is 0 Å². The van der Waals surface area contributed by atoms with Crippen LogP contribution in [0.5, 0.6) is 0 Å². The Bertz CT molecular complexity index is 499. The molecular weight excluding hydrogens is 240 g/mol. The van der Waals surface area contributed by atoms with E-state index in [9.17, 15) is 22.0 Å². The number of nitrogens with one attached hydrogen (secondary N) is 1. The molecule has 1 N–H and O–H groups in total. The van der Waals surface area contributed by atoms with E-state index in [0.717, 1.165) is 13.0 Å². The van der Waals surface area contributed by atoms with Gasteiger partial charge < -0.3 is 5.32 Å². The number of benzene rings is 1. The molecule has 1 aromatic carbocycles. The molecule has 0 heterocycles. The van der Waals surface area contributed by atoms with Gasteiger partial charge in [-0.1, -0.05) is 12.1 Å². The number of carbonyl (C=O) groups excluding carboxylic acids is 1. The van der Waals surface area contributed by atoms with Crippen LogP contribution in [0.2, 0.25) is 0 Å². The van der Waals surface area contributed by atoms with Crippen LogP contribution in [0.1, 0.15) is 6.92 Å². The lowest BCUT2D eigenvalue weighted by Gasteiger charge is -2.09. The minimum atomic E-state index is -4.70. The zero-order chi connectivity index (χ0) is 12.3. The monoisotopic (exact) mass is 249 g/mol. The third-order valence-corrected chi connectivity index (χ3v) is 3.18. The second-order valence-electron chi connectivity index (χ2n) is 2.98. The highest BCUT2D eigenvalue weighted by Gasteiger charge is 2.29. The Morgan fingerprint density at radius 2 is 1.88 bits per heavy atom. The predicted octanol–water partition coefficient (Wildman–Crippen LogP) is 1.64. The van der Waals surface area contributed by atoms with Crippen molar-refractivity contribution in [2.75, 3.05) is 5.32 Å². The summed E-state index contributed by atoms with van der Waals surface area (Å²) in [4.78, 5) is 10.2. The molecule has 0 aromatic heterocycles. The first-order chi connectivity index (χ1) is 7.35. The predicted molar refractivity (Wildman–Crippen MR) is 53.9 cm³/mol. The van der Waals surface area contributed by atoms with Gasteiger partial charge in [0.2, 0.25) is 15.7 Å². The lowest BCUT2D eigenvalue weighted by Crippen LogP contribution is -2.15. The summed E-state index contributed by atoms with van der Waals surface area (Å²) in [5.74, 6) is -4.04. The summed E-state index contributed by atoms with van der Waals surface area (Å²) in [5, 5.41) is 2.18. The molecule has 1 aromatic rings. The Kier molecular flexibility index (Phi) is 3.58. The summed E-state index contributed by atoms with van der Waals surface area (Å²) >= 11 is 0. The quantitative estimate of drug-likeness (QED) is 0.885. The van der Waals surface area contributed by atoms with Crippen molar-refractivity contribution in [3.63, 3.8) is 0 Å². The Hall–Kier alpha value is -1.50. The van der Waals surface area contributed by atoms with Crippen LogP contribution in [0, 0.1) is 0 Å². The van der Waals surface area contributed by atoms with Crippen molar-refractivity contribution in [3.8, 4) is 0 Å². The van der Waals surface area contributed by atoms with Crippen molar-refractivity contribution in [2.45, 2.75) is 17.6 Å². The van der Waals surface area contributed by atoms with E-state index in [2.05, 4.69) is 5.32 Å². The maximum absolute atomic E-state index is 12.3. The fraction of sp³-hybridized carbons (Fsp3) is 0.222. The van der Waals surface area contributed by atoms with Crippen molar-refractivity contribution >= 4 is 21.4 Å². The molecule has 1 amide bonds. The number of alkyl halides is 2. The third kappa shape index (κ3) is 2.54. The average Bonchev–Trinajstić information content (AvgIpc) is 2.17. The van der Waals surface area contributed by atoms with Crippen molar-refractivity contribution in [1.29, 1.82) is 0 Å². The minimum absolute atomic E-state index is 0.143. The second-order valence-corrected chi connectivity index (χ2v) is 4.87. The van der Waals surface area contributed by atoms with Gasteiger partial charge >= 0.3 is 5.76 Å². The molecule has 7 heteroatoms. The number of rotatable bonds is 3. The number of halogens is 2. The molecule has 0 bridgehead atoms. The molecule has 0 aliphatic carbocycles. The fourth-order valence-corrected chi connectivity index (χ4v) is 1.99. The molecule has 0 radical (unpaired) electrons. The Morgan fingerprint density at radius 1 is 1.31 bits per heavy atom. The molecule has 0 saturated heterocycles. The van der Waals surface area contributed by atoms with Crippen molar-refractivity contribution in [3.05, 3.63) is 24.3 Å². The lowest BCUT2D eigenvalue weighted by molar-refractivity contribution is -0.114. The smallest absolute Gasteiger partial charge is 0.325 e. The maximum Gasteiger partial charge on any atom is 0.341 e. The Morgan fingerprint density at radius 3 is 2.38 bits per heavy atom. The number of sulfone groups is 1. The third-order valence-electron chi connectivity index (χ3n) is 1.74. The molecule has 1 rings (SSSR count). The van der Waals surface area contributed by atoms with E-state index in [1.54, 1.807) is 0 Å². The van der Waals surface area contributed by atoms with Crippen LogP contribution < -0.4 is 5.32 Å². The molecule has 0 aliphatic heterocycles. The summed E-state index contributed by atoms with van der Waals surface area (Å²) in [5.41, 5.74) is -0.143. The van der Waals surface area contributed by atoms with Gasteiger partial charge in [-0.25, -0.2) is 8.42 Å². The van der Waals surface area contributed by atoms with E-state index in [4.69, 9.17) is 0 Å². The van der Waals surface area contributed by atoms with E-state index >= 15 is 0 Å². The van der Waals surface area contributed by atoms with Crippen LogP contribution in [0.3, 0.4) is 0 Å². The zero-order valence-corrected chi connectivity index (χ0v) is 9.09. The largest absolute Gasteiger partial charge is 0.341 e. The molecule has 0 saturated carbocycles. The van der Waals surface area contributed by atoms with E-state index in [1.165, 1.54) is 18.2 Å². The van der Waals surface area contributed by atoms with E-state index in [0.29, 0.717) is 0 Å². The molecular formula is C9H9F2NO3S. The molecule has 16 heavy (non-hydrogen) atoms. The Labute approximate surface area is 91.2 Å². The van der Waals surface area contributed by atoms with Crippen LogP contribution in [0.25, 0.3) is 0 Å². The van der Waals surface area contributed by atoms with Gasteiger partial charge in [0.05, 0.1) is 10.6 Å². The van der Waals surface area contributed by atoms with Gasteiger partial charge in [0.15, 0.2) is 0 Å². The topological polar surface area (TPSA) is 63.2 Å². The number of para-hydroxylation sites is 1. The highest BCUT2D eigenvalue weighted by Crippen LogP contribution is 2.25. The van der Waals surface area contributed by atoms with Gasteiger partial charge in [-0.2, -0.15) is 8.78 Å². The number of carbonyl (C=O) groups is 1. The SMILES string of the molecule is CC(=O)Nc1ccccc1S(=O)(=O)C(F)F. The molecule has 4 nitrogen and oxygen atoms in total. The van der Waals surface area contributed by atoms with Gasteiger partial charge in [0.25, 0.3) is 0 Å². The maximum atomic E-state index is 12.3. The van der Waals surface area contributed by atoms with Gasteiger partial charge in [-0.05, 0) is 12.1 Å². The number of hydrogen-bond donors (Lipinski definition) is 1. The standard InChI is InChI=1S/C9H9F2NO3S/c1-6(13)12-7-4-2-3-5-8(7)16(14,15)9(10)11/h2-5,9H,1H3,(H,12,13). The first-order valence-corrected chi connectivity index (χ1v) is 5.79. The van der Waals surface area contributed by atoms with Gasteiger partial charge in [-0.3, -0.25) is 4.79 Å². The fourth-order valence-electron chi connectivity index (χ4n) is 1.10. The van der Waals surface area contributed by atoms with Gasteiger partial charge in [0, 0.05) is 6.92 Å². The number of anilines is 1. The zero-order valence-electron chi connectivity index (χ0n) is 8.28. The van der Waals surface area contributed by atoms with Gasteiger partial charge in [-0.15, -0.1) is 0 Å². The molecule has 0 atom stereocenters. The van der Waals surface area contributed by atoms with Crippen LogP contribution in [0.15, 0.2) is 29.2 Å². The van der Waals surface area contributed by atoms with Crippen molar-refractivity contribution in [1.82, 2.24) is 0 Å². The molecule has 0 fully saturated rings. The first kappa shape index (κ1) is 12.6. The lowest BCUT2D eigenvalue weighted by atomic mass is 10.3. The summed E-state index contributed by atoms with van der Waals surface area (Å²) in [6, 6.07) is 5.01. The van der Waals surface area contributed by atoms with Crippen molar-refractivity contribution in [2.24, 2.45) is 0 Å². The normalized spacial score (nSPS) is 11.5. The molecule has 88 valence electrons. The first-order valence-electron chi connectivity index (χ1n) is 4.24. The Balaban J connectivity index is 3.29. The van der Waals surface area contributed by atoms with Crippen LogP contribution in [-0.2, 0) is 14.6 Å². The van der Waals surface area contributed by atoms with E-state index in [-0.39, 0.29) is 5.69 Å². The summed E-state index contributed by atoms with van der Waals surface area (Å²) < 4.78 is 47.1. The highest BCUT2D eigenvalue weighted by molar-refractivity contribution is 7.91. The average molecular weight is 249 g/mol. The summed E-state index contributed by atoms with van der Waals surface area (Å²) in [6.45, 7) is 1.16. The second kappa shape index (κ2) is 4.56. The number of amides is 1. The van der Waals surface area contributed by atoms with Crippen LogP contribution in [0.4, 0.5) is 14.5 Å². The molecule has 0 spiro atoms. The van der Waals surface area contributed by atoms with Crippen LogP contribution in [-0.4, -0.2) is 20.1 Å². The molecule has 0 aliphatic rings.